The normalized spacial score (nSPS) is 17.5. The Kier molecular flexibility index (Phi) is 2.96. The first-order chi connectivity index (χ1) is 7.27. The Morgan fingerprint density at radius 1 is 1.53 bits per heavy atom. The van der Waals surface area contributed by atoms with Gasteiger partial charge in [-0.25, -0.2) is 0 Å². The molecule has 2 heteroatoms. The fraction of sp³-hybridized carbons (Fsp3) is 0.462. The van der Waals surface area contributed by atoms with E-state index in [1.54, 1.807) is 7.11 Å². The van der Waals surface area contributed by atoms with Crippen LogP contribution in [0.1, 0.15) is 35.8 Å². The topological polar surface area (TPSA) is 29.5 Å². The van der Waals surface area contributed by atoms with Crippen molar-refractivity contribution < 1.29 is 9.84 Å². The summed E-state index contributed by atoms with van der Waals surface area (Å²) >= 11 is 0. The molecule has 0 bridgehead atoms. The van der Waals surface area contributed by atoms with Crippen LogP contribution >= 0.6 is 0 Å². The lowest BCUT2D eigenvalue weighted by molar-refractivity contribution is 0.281. The van der Waals surface area contributed by atoms with Crippen molar-refractivity contribution in [2.24, 2.45) is 0 Å². The Morgan fingerprint density at radius 2 is 2.27 bits per heavy atom. The molecule has 1 atom stereocenters. The molecule has 1 aromatic rings. The number of aliphatic hydroxyl groups excluding tert-OH is 1. The van der Waals surface area contributed by atoms with Gasteiger partial charge in [-0.05, 0) is 37.3 Å². The van der Waals surface area contributed by atoms with Crippen molar-refractivity contribution in [3.05, 3.63) is 36.2 Å². The summed E-state index contributed by atoms with van der Waals surface area (Å²) in [4.78, 5) is 0. The summed E-state index contributed by atoms with van der Waals surface area (Å²) in [6.07, 6.45) is 2.46. The highest BCUT2D eigenvalue weighted by Gasteiger charge is 2.30. The predicted octanol–water partition coefficient (Wildman–Crippen LogP) is 2.48. The molecule has 1 N–H and O–H groups in total. The average molecular weight is 205 g/mol. The second-order valence-corrected chi connectivity index (χ2v) is 4.12. The third kappa shape index (κ3) is 2.00. The minimum Gasteiger partial charge on any atom is -0.496 e. The van der Waals surface area contributed by atoms with Crippen LogP contribution in [-0.4, -0.2) is 18.8 Å². The first-order valence-corrected chi connectivity index (χ1v) is 5.38. The first kappa shape index (κ1) is 10.5. The van der Waals surface area contributed by atoms with Gasteiger partial charge in [-0.3, -0.25) is 0 Å². The van der Waals surface area contributed by atoms with Crippen LogP contribution in [0.4, 0.5) is 0 Å². The molecule has 1 aromatic carbocycles. The van der Waals surface area contributed by atoms with Gasteiger partial charge in [-0.2, -0.15) is 0 Å². The third-order valence-electron chi connectivity index (χ3n) is 2.97. The van der Waals surface area contributed by atoms with Gasteiger partial charge < -0.3 is 9.84 Å². The van der Waals surface area contributed by atoms with E-state index in [9.17, 15) is 5.11 Å². The zero-order chi connectivity index (χ0) is 10.8. The maximum atomic E-state index is 9.18. The molecule has 2 rings (SSSR count). The van der Waals surface area contributed by atoms with E-state index < -0.39 is 0 Å². The van der Waals surface area contributed by atoms with E-state index in [0.29, 0.717) is 5.92 Å². The molecule has 1 aliphatic carbocycles. The SMILES string of the molecule is [CH2]C(CO)c1cccc(OC)c1C1CC1. The van der Waals surface area contributed by atoms with Gasteiger partial charge in [-0.15, -0.1) is 0 Å². The van der Waals surface area contributed by atoms with Gasteiger partial charge in [0.1, 0.15) is 5.75 Å². The van der Waals surface area contributed by atoms with Gasteiger partial charge >= 0.3 is 0 Å². The van der Waals surface area contributed by atoms with Crippen molar-refractivity contribution in [2.75, 3.05) is 13.7 Å². The molecular weight excluding hydrogens is 188 g/mol. The van der Waals surface area contributed by atoms with Gasteiger partial charge in [-0.1, -0.05) is 12.1 Å². The van der Waals surface area contributed by atoms with Crippen LogP contribution < -0.4 is 4.74 Å². The van der Waals surface area contributed by atoms with Gasteiger partial charge in [0.05, 0.1) is 7.11 Å². The van der Waals surface area contributed by atoms with Crippen molar-refractivity contribution in [1.29, 1.82) is 0 Å². The minimum atomic E-state index is -0.0456. The van der Waals surface area contributed by atoms with Crippen molar-refractivity contribution in [3.8, 4) is 5.75 Å². The lowest BCUT2D eigenvalue weighted by atomic mass is 9.93. The Labute approximate surface area is 90.9 Å². The number of benzene rings is 1. The van der Waals surface area contributed by atoms with Crippen molar-refractivity contribution in [1.82, 2.24) is 0 Å². The average Bonchev–Trinajstić information content (AvgIpc) is 3.10. The summed E-state index contributed by atoms with van der Waals surface area (Å²) in [5.74, 6) is 1.51. The van der Waals surface area contributed by atoms with Gasteiger partial charge in [0.2, 0.25) is 0 Å². The predicted molar refractivity (Wildman–Crippen MR) is 60.2 cm³/mol. The summed E-state index contributed by atoms with van der Waals surface area (Å²) in [6.45, 7) is 4.06. The maximum absolute atomic E-state index is 9.18. The molecule has 1 fully saturated rings. The van der Waals surface area contributed by atoms with Gasteiger partial charge in [0.25, 0.3) is 0 Å². The number of hydrogen-bond acceptors (Lipinski definition) is 2. The highest BCUT2D eigenvalue weighted by molar-refractivity contribution is 5.46. The monoisotopic (exact) mass is 205 g/mol. The van der Waals surface area contributed by atoms with Crippen LogP contribution in [0.2, 0.25) is 0 Å². The van der Waals surface area contributed by atoms with E-state index >= 15 is 0 Å². The van der Waals surface area contributed by atoms with Crippen molar-refractivity contribution in [3.63, 3.8) is 0 Å². The summed E-state index contributed by atoms with van der Waals surface area (Å²) in [6, 6.07) is 6.00. The smallest absolute Gasteiger partial charge is 0.122 e. The van der Waals surface area contributed by atoms with Crippen LogP contribution in [-0.2, 0) is 0 Å². The Bertz CT molecular complexity index is 342. The summed E-state index contributed by atoms with van der Waals surface area (Å²) < 4.78 is 5.37. The maximum Gasteiger partial charge on any atom is 0.122 e. The van der Waals surface area contributed by atoms with E-state index in [2.05, 4.69) is 6.92 Å². The number of methoxy groups -OCH3 is 1. The van der Waals surface area contributed by atoms with Crippen molar-refractivity contribution in [2.45, 2.75) is 24.7 Å². The van der Waals surface area contributed by atoms with Crippen LogP contribution in [0, 0.1) is 6.92 Å². The molecule has 0 amide bonds. The van der Waals surface area contributed by atoms with Gasteiger partial charge in [0, 0.05) is 18.1 Å². The molecule has 1 aliphatic rings. The number of ether oxygens (including phenoxy) is 1. The Hall–Kier alpha value is -1.02. The Balaban J connectivity index is 2.43. The highest BCUT2D eigenvalue weighted by atomic mass is 16.5. The lowest BCUT2D eigenvalue weighted by Crippen LogP contribution is -2.04. The highest BCUT2D eigenvalue weighted by Crippen LogP contribution is 2.47. The zero-order valence-electron chi connectivity index (χ0n) is 9.07. The molecule has 0 heterocycles. The number of aliphatic hydroxyl groups is 1. The van der Waals surface area contributed by atoms with Crippen LogP contribution in [0.15, 0.2) is 18.2 Å². The molecule has 1 radical (unpaired) electrons. The number of hydrogen-bond donors (Lipinski definition) is 1. The fourth-order valence-electron chi connectivity index (χ4n) is 2.00. The molecule has 0 saturated heterocycles. The molecule has 0 aliphatic heterocycles. The molecule has 1 saturated carbocycles. The lowest BCUT2D eigenvalue weighted by Gasteiger charge is -2.17. The minimum absolute atomic E-state index is 0.0456. The standard InChI is InChI=1S/C13H17O2/c1-9(8-14)11-4-3-5-12(15-2)13(11)10-6-7-10/h3-5,9-10,14H,1,6-8H2,2H3. The summed E-state index contributed by atoms with van der Waals surface area (Å²) in [5.41, 5.74) is 2.40. The molecular formula is C13H17O2. The largest absolute Gasteiger partial charge is 0.496 e. The summed E-state index contributed by atoms with van der Waals surface area (Å²) in [5, 5.41) is 9.18. The van der Waals surface area contributed by atoms with E-state index in [1.807, 2.05) is 18.2 Å². The van der Waals surface area contributed by atoms with E-state index in [-0.39, 0.29) is 12.5 Å². The van der Waals surface area contributed by atoms with E-state index in [1.165, 1.54) is 18.4 Å². The molecule has 1 unspecified atom stereocenters. The molecule has 2 nitrogen and oxygen atoms in total. The Morgan fingerprint density at radius 3 is 2.80 bits per heavy atom. The quantitative estimate of drug-likeness (QED) is 0.818. The molecule has 15 heavy (non-hydrogen) atoms. The third-order valence-corrected chi connectivity index (χ3v) is 2.97. The van der Waals surface area contributed by atoms with E-state index in [4.69, 9.17) is 4.74 Å². The number of rotatable bonds is 4. The molecule has 81 valence electrons. The van der Waals surface area contributed by atoms with Crippen LogP contribution in [0.5, 0.6) is 5.75 Å². The zero-order valence-corrected chi connectivity index (χ0v) is 9.07. The molecule has 0 aromatic heterocycles. The first-order valence-electron chi connectivity index (χ1n) is 5.38. The van der Waals surface area contributed by atoms with Crippen LogP contribution in [0.3, 0.4) is 0 Å². The van der Waals surface area contributed by atoms with Gasteiger partial charge in [0.15, 0.2) is 0 Å². The second-order valence-electron chi connectivity index (χ2n) is 4.12. The van der Waals surface area contributed by atoms with Crippen molar-refractivity contribution >= 4 is 0 Å². The summed E-state index contributed by atoms with van der Waals surface area (Å²) in [7, 11) is 1.70. The molecule has 0 spiro atoms. The van der Waals surface area contributed by atoms with E-state index in [0.717, 1.165) is 11.3 Å². The van der Waals surface area contributed by atoms with Crippen LogP contribution in [0.25, 0.3) is 0 Å². The fourth-order valence-corrected chi connectivity index (χ4v) is 2.00. The second kappa shape index (κ2) is 4.23.